The van der Waals surface area contributed by atoms with Gasteiger partial charge >= 0.3 is 0 Å². The molecule has 0 amide bonds. The number of hydrogen-bond donors (Lipinski definition) is 0. The second kappa shape index (κ2) is 4.21. The maximum absolute atomic E-state index is 12.1. The van der Waals surface area contributed by atoms with Gasteiger partial charge in [0.05, 0.1) is 5.41 Å². The van der Waals surface area contributed by atoms with Crippen LogP contribution in [-0.4, -0.2) is 12.4 Å². The number of ketones is 1. The van der Waals surface area contributed by atoms with Gasteiger partial charge in [0.15, 0.2) is 0 Å². The first-order valence-electron chi connectivity index (χ1n) is 5.54. The molecule has 1 atom stereocenters. The molecule has 2 rings (SSSR count). The van der Waals surface area contributed by atoms with Crippen LogP contribution < -0.4 is 4.74 Å². The van der Waals surface area contributed by atoms with Gasteiger partial charge in [0.25, 0.3) is 0 Å². The van der Waals surface area contributed by atoms with Crippen LogP contribution in [0.5, 0.6) is 5.75 Å². The minimum Gasteiger partial charge on any atom is -0.492 e. The number of halogens is 1. The number of carbonyl (C=O) groups is 1. The van der Waals surface area contributed by atoms with E-state index in [1.807, 2.05) is 32.0 Å². The molecule has 3 heteroatoms. The second-order valence-corrected chi connectivity index (χ2v) is 5.35. The van der Waals surface area contributed by atoms with Crippen molar-refractivity contribution in [3.8, 4) is 5.75 Å². The Hall–Kier alpha value is -0.830. The van der Waals surface area contributed by atoms with Crippen molar-refractivity contribution in [3.05, 3.63) is 28.2 Å². The molecule has 1 aliphatic rings. The minimum absolute atomic E-state index is 0.274. The van der Waals surface area contributed by atoms with Crippen molar-refractivity contribution in [2.75, 3.05) is 6.61 Å². The molecule has 0 bridgehead atoms. The van der Waals surface area contributed by atoms with E-state index in [1.165, 1.54) is 0 Å². The van der Waals surface area contributed by atoms with Crippen LogP contribution in [0.25, 0.3) is 0 Å². The number of benzene rings is 1. The van der Waals surface area contributed by atoms with E-state index in [2.05, 4.69) is 15.9 Å². The van der Waals surface area contributed by atoms with Gasteiger partial charge in [-0.25, -0.2) is 0 Å². The molecule has 16 heavy (non-hydrogen) atoms. The molecule has 1 heterocycles. The third kappa shape index (κ3) is 1.77. The molecule has 86 valence electrons. The molecule has 0 saturated carbocycles. The molecule has 2 nitrogen and oxygen atoms in total. The summed E-state index contributed by atoms with van der Waals surface area (Å²) < 4.78 is 6.60. The summed E-state index contributed by atoms with van der Waals surface area (Å²) in [4.78, 5) is 12.1. The summed E-state index contributed by atoms with van der Waals surface area (Å²) >= 11 is 3.41. The second-order valence-electron chi connectivity index (χ2n) is 4.43. The molecule has 0 aromatic heterocycles. The van der Waals surface area contributed by atoms with Crippen LogP contribution in [0.2, 0.25) is 0 Å². The van der Waals surface area contributed by atoms with Crippen molar-refractivity contribution in [2.24, 2.45) is 0 Å². The van der Waals surface area contributed by atoms with Crippen molar-refractivity contribution in [1.29, 1.82) is 0 Å². The van der Waals surface area contributed by atoms with Gasteiger partial charge in [-0.3, -0.25) is 4.79 Å². The maximum Gasteiger partial charge on any atom is 0.146 e. The van der Waals surface area contributed by atoms with Crippen LogP contribution in [-0.2, 0) is 10.2 Å². The Labute approximate surface area is 104 Å². The summed E-state index contributed by atoms with van der Waals surface area (Å²) in [5.74, 6) is 1.11. The Morgan fingerprint density at radius 2 is 2.31 bits per heavy atom. The lowest BCUT2D eigenvalue weighted by molar-refractivity contribution is -0.124. The van der Waals surface area contributed by atoms with Crippen molar-refractivity contribution in [3.63, 3.8) is 0 Å². The molecule has 1 aromatic rings. The van der Waals surface area contributed by atoms with Crippen LogP contribution in [0.1, 0.15) is 32.3 Å². The van der Waals surface area contributed by atoms with Gasteiger partial charge < -0.3 is 4.74 Å². The summed E-state index contributed by atoms with van der Waals surface area (Å²) in [6.45, 7) is 4.47. The molecule has 0 fully saturated rings. The fourth-order valence-corrected chi connectivity index (χ4v) is 2.45. The van der Waals surface area contributed by atoms with E-state index in [1.54, 1.807) is 0 Å². The van der Waals surface area contributed by atoms with Crippen molar-refractivity contribution in [1.82, 2.24) is 0 Å². The van der Waals surface area contributed by atoms with Crippen molar-refractivity contribution >= 4 is 21.7 Å². The van der Waals surface area contributed by atoms with E-state index in [0.717, 1.165) is 22.2 Å². The number of fused-ring (bicyclic) bond motifs is 1. The average molecular weight is 283 g/mol. The van der Waals surface area contributed by atoms with E-state index < -0.39 is 5.41 Å². The number of carbonyl (C=O) groups excluding carboxylic acids is 1. The molecular weight excluding hydrogens is 268 g/mol. The van der Waals surface area contributed by atoms with Gasteiger partial charge in [0.1, 0.15) is 18.1 Å². The summed E-state index contributed by atoms with van der Waals surface area (Å²) in [5, 5.41) is 0. The molecule has 1 aliphatic heterocycles. The molecule has 0 saturated heterocycles. The Kier molecular flexibility index (Phi) is 3.06. The highest BCUT2D eigenvalue weighted by Gasteiger charge is 2.41. The van der Waals surface area contributed by atoms with Gasteiger partial charge in [0.2, 0.25) is 0 Å². The summed E-state index contributed by atoms with van der Waals surface area (Å²) in [6, 6.07) is 5.88. The molecule has 0 N–H and O–H groups in total. The normalized spacial score (nSPS) is 22.7. The highest BCUT2D eigenvalue weighted by Crippen LogP contribution is 2.41. The Balaban J connectivity index is 2.38. The molecule has 0 spiro atoms. The number of hydrogen-bond acceptors (Lipinski definition) is 2. The van der Waals surface area contributed by atoms with Gasteiger partial charge in [-0.15, -0.1) is 0 Å². The lowest BCUT2D eigenvalue weighted by atomic mass is 9.79. The van der Waals surface area contributed by atoms with E-state index in [4.69, 9.17) is 4.74 Å². The van der Waals surface area contributed by atoms with Crippen LogP contribution >= 0.6 is 15.9 Å². The third-order valence-electron chi connectivity index (χ3n) is 3.15. The average Bonchev–Trinajstić information content (AvgIpc) is 2.58. The molecule has 1 unspecified atom stereocenters. The molecule has 1 aromatic carbocycles. The monoisotopic (exact) mass is 282 g/mol. The van der Waals surface area contributed by atoms with E-state index in [-0.39, 0.29) is 5.78 Å². The van der Waals surface area contributed by atoms with Crippen LogP contribution in [0.3, 0.4) is 0 Å². The number of rotatable bonds is 3. The predicted octanol–water partition coefficient (Wildman–Crippen LogP) is 3.47. The van der Waals surface area contributed by atoms with Gasteiger partial charge in [-0.2, -0.15) is 0 Å². The highest BCUT2D eigenvalue weighted by molar-refractivity contribution is 9.10. The zero-order chi connectivity index (χ0) is 11.8. The predicted molar refractivity (Wildman–Crippen MR) is 66.9 cm³/mol. The number of ether oxygens (including phenoxy) is 1. The van der Waals surface area contributed by atoms with Crippen molar-refractivity contribution < 1.29 is 9.53 Å². The first-order valence-corrected chi connectivity index (χ1v) is 6.33. The van der Waals surface area contributed by atoms with Gasteiger partial charge in [-0.05, 0) is 25.5 Å². The summed E-state index contributed by atoms with van der Waals surface area (Å²) in [7, 11) is 0. The summed E-state index contributed by atoms with van der Waals surface area (Å²) in [5.41, 5.74) is 0.570. The Morgan fingerprint density at radius 3 is 3.00 bits per heavy atom. The Morgan fingerprint density at radius 1 is 1.56 bits per heavy atom. The zero-order valence-electron chi connectivity index (χ0n) is 9.55. The topological polar surface area (TPSA) is 26.3 Å². The third-order valence-corrected chi connectivity index (χ3v) is 3.64. The SMILES string of the molecule is CCCC(=O)C1(C)COc2cc(Br)ccc21. The van der Waals surface area contributed by atoms with Crippen LogP contribution in [0.4, 0.5) is 0 Å². The molecule has 0 radical (unpaired) electrons. The lowest BCUT2D eigenvalue weighted by Crippen LogP contribution is -2.34. The maximum atomic E-state index is 12.1. The minimum atomic E-state index is -0.452. The highest BCUT2D eigenvalue weighted by atomic mass is 79.9. The summed E-state index contributed by atoms with van der Waals surface area (Å²) in [6.07, 6.45) is 1.51. The number of Topliss-reactive ketones (excluding diaryl/α,β-unsaturated/α-hetero) is 1. The van der Waals surface area contributed by atoms with E-state index in [0.29, 0.717) is 13.0 Å². The Bertz CT molecular complexity index is 428. The zero-order valence-corrected chi connectivity index (χ0v) is 11.1. The molecule has 0 aliphatic carbocycles. The largest absolute Gasteiger partial charge is 0.492 e. The van der Waals surface area contributed by atoms with E-state index in [9.17, 15) is 4.79 Å². The van der Waals surface area contributed by atoms with Crippen LogP contribution in [0.15, 0.2) is 22.7 Å². The van der Waals surface area contributed by atoms with Crippen LogP contribution in [0, 0.1) is 0 Å². The van der Waals surface area contributed by atoms with E-state index >= 15 is 0 Å². The first-order chi connectivity index (χ1) is 7.58. The smallest absolute Gasteiger partial charge is 0.146 e. The first kappa shape index (κ1) is 11.6. The standard InChI is InChI=1S/C13H15BrO2/c1-3-4-12(15)13(2)8-16-11-7-9(14)5-6-10(11)13/h5-7H,3-4,8H2,1-2H3. The van der Waals surface area contributed by atoms with Gasteiger partial charge in [-0.1, -0.05) is 28.9 Å². The van der Waals surface area contributed by atoms with Gasteiger partial charge in [0, 0.05) is 16.5 Å². The van der Waals surface area contributed by atoms with Crippen molar-refractivity contribution in [2.45, 2.75) is 32.1 Å². The quantitative estimate of drug-likeness (QED) is 0.849. The fourth-order valence-electron chi connectivity index (χ4n) is 2.10. The lowest BCUT2D eigenvalue weighted by Gasteiger charge is -2.20. The molecular formula is C13H15BrO2. The fraction of sp³-hybridized carbons (Fsp3) is 0.462.